The molecule has 0 amide bonds. The molecule has 0 heterocycles. The third kappa shape index (κ3) is 2.96. The minimum Gasteiger partial charge on any atom is -0.497 e. The maximum Gasteiger partial charge on any atom is 0.126 e. The van der Waals surface area contributed by atoms with Crippen LogP contribution in [0.4, 0.5) is 0 Å². The standard InChI is InChI=1S/C18H22O2/c1-5-13(2)14-9-10-18(20-4)17(12-14)15-7-6-8-16(11-15)19-3/h6-13H,5H2,1-4H3. The van der Waals surface area contributed by atoms with Crippen LogP contribution < -0.4 is 9.47 Å². The number of hydrogen-bond acceptors (Lipinski definition) is 2. The van der Waals surface area contributed by atoms with Gasteiger partial charge in [0.2, 0.25) is 0 Å². The lowest BCUT2D eigenvalue weighted by Gasteiger charge is -2.15. The van der Waals surface area contributed by atoms with Crippen molar-refractivity contribution in [3.8, 4) is 22.6 Å². The molecule has 1 unspecified atom stereocenters. The highest BCUT2D eigenvalue weighted by Gasteiger charge is 2.10. The van der Waals surface area contributed by atoms with E-state index >= 15 is 0 Å². The molecule has 0 fully saturated rings. The third-order valence-electron chi connectivity index (χ3n) is 3.79. The topological polar surface area (TPSA) is 18.5 Å². The van der Waals surface area contributed by atoms with Crippen LogP contribution in [-0.2, 0) is 0 Å². The van der Waals surface area contributed by atoms with Gasteiger partial charge in [0, 0.05) is 5.56 Å². The molecule has 106 valence electrons. The summed E-state index contributed by atoms with van der Waals surface area (Å²) in [4.78, 5) is 0. The Hall–Kier alpha value is -1.96. The van der Waals surface area contributed by atoms with E-state index in [-0.39, 0.29) is 0 Å². The summed E-state index contributed by atoms with van der Waals surface area (Å²) >= 11 is 0. The molecule has 0 radical (unpaired) electrons. The van der Waals surface area contributed by atoms with Crippen LogP contribution in [0.2, 0.25) is 0 Å². The highest BCUT2D eigenvalue weighted by molar-refractivity contribution is 5.72. The van der Waals surface area contributed by atoms with Crippen LogP contribution in [0.3, 0.4) is 0 Å². The Morgan fingerprint density at radius 3 is 2.45 bits per heavy atom. The molecule has 0 N–H and O–H groups in total. The highest BCUT2D eigenvalue weighted by Crippen LogP contribution is 2.34. The summed E-state index contributed by atoms with van der Waals surface area (Å²) in [7, 11) is 3.40. The van der Waals surface area contributed by atoms with Crippen LogP contribution in [0.5, 0.6) is 11.5 Å². The van der Waals surface area contributed by atoms with E-state index in [0.29, 0.717) is 5.92 Å². The maximum atomic E-state index is 5.50. The van der Waals surface area contributed by atoms with Crippen molar-refractivity contribution >= 4 is 0 Å². The van der Waals surface area contributed by atoms with Gasteiger partial charge in [0.15, 0.2) is 0 Å². The summed E-state index contributed by atoms with van der Waals surface area (Å²) in [5, 5.41) is 0. The zero-order valence-corrected chi connectivity index (χ0v) is 12.6. The average molecular weight is 270 g/mol. The molecule has 0 aliphatic carbocycles. The van der Waals surface area contributed by atoms with E-state index in [0.717, 1.165) is 29.0 Å². The van der Waals surface area contributed by atoms with E-state index in [1.165, 1.54) is 5.56 Å². The molecule has 0 bridgehead atoms. The summed E-state index contributed by atoms with van der Waals surface area (Å²) in [5.41, 5.74) is 3.57. The van der Waals surface area contributed by atoms with Gasteiger partial charge in [-0.05, 0) is 47.7 Å². The van der Waals surface area contributed by atoms with Crippen LogP contribution >= 0.6 is 0 Å². The zero-order chi connectivity index (χ0) is 14.5. The molecule has 2 nitrogen and oxygen atoms in total. The van der Waals surface area contributed by atoms with Gasteiger partial charge in [0.1, 0.15) is 11.5 Å². The summed E-state index contributed by atoms with van der Waals surface area (Å²) in [5.74, 6) is 2.30. The second-order valence-corrected chi connectivity index (χ2v) is 5.00. The minimum atomic E-state index is 0.547. The number of benzene rings is 2. The molecule has 0 aliphatic heterocycles. The van der Waals surface area contributed by atoms with Gasteiger partial charge < -0.3 is 9.47 Å². The third-order valence-corrected chi connectivity index (χ3v) is 3.79. The second-order valence-electron chi connectivity index (χ2n) is 5.00. The van der Waals surface area contributed by atoms with Crippen molar-refractivity contribution in [2.45, 2.75) is 26.2 Å². The molecule has 0 spiro atoms. The number of hydrogen-bond donors (Lipinski definition) is 0. The van der Waals surface area contributed by atoms with Gasteiger partial charge in [-0.25, -0.2) is 0 Å². The molecule has 0 aliphatic rings. The van der Waals surface area contributed by atoms with Crippen LogP contribution in [-0.4, -0.2) is 14.2 Å². The fourth-order valence-electron chi connectivity index (χ4n) is 2.28. The monoisotopic (exact) mass is 270 g/mol. The minimum absolute atomic E-state index is 0.547. The number of ether oxygens (including phenoxy) is 2. The maximum absolute atomic E-state index is 5.50. The predicted molar refractivity (Wildman–Crippen MR) is 83.7 cm³/mol. The molecule has 0 aromatic heterocycles. The largest absolute Gasteiger partial charge is 0.497 e. The SMILES string of the molecule is CCC(C)c1ccc(OC)c(-c2cccc(OC)c2)c1. The van der Waals surface area contributed by atoms with E-state index < -0.39 is 0 Å². The number of methoxy groups -OCH3 is 2. The lowest BCUT2D eigenvalue weighted by molar-refractivity contribution is 0.413. The molecule has 0 saturated carbocycles. The molecule has 1 atom stereocenters. The van der Waals surface area contributed by atoms with Crippen LogP contribution in [0, 0.1) is 0 Å². The molecular formula is C18H22O2. The molecule has 0 saturated heterocycles. The van der Waals surface area contributed by atoms with Gasteiger partial charge >= 0.3 is 0 Å². The first kappa shape index (κ1) is 14.4. The summed E-state index contributed by atoms with van der Waals surface area (Å²) in [6, 6.07) is 14.5. The van der Waals surface area contributed by atoms with Crippen molar-refractivity contribution < 1.29 is 9.47 Å². The molecule has 2 aromatic carbocycles. The van der Waals surface area contributed by atoms with Gasteiger partial charge in [-0.1, -0.05) is 32.0 Å². The van der Waals surface area contributed by atoms with Crippen LogP contribution in [0.25, 0.3) is 11.1 Å². The Morgan fingerprint density at radius 2 is 1.80 bits per heavy atom. The second kappa shape index (κ2) is 6.47. The Kier molecular flexibility index (Phi) is 4.67. The lowest BCUT2D eigenvalue weighted by atomic mass is 9.94. The summed E-state index contributed by atoms with van der Waals surface area (Å²) in [6.45, 7) is 4.46. The van der Waals surface area contributed by atoms with Crippen molar-refractivity contribution in [3.63, 3.8) is 0 Å². The molecule has 2 heteroatoms. The lowest BCUT2D eigenvalue weighted by Crippen LogP contribution is -1.95. The fraction of sp³-hybridized carbons (Fsp3) is 0.333. The molecule has 20 heavy (non-hydrogen) atoms. The van der Waals surface area contributed by atoms with Gasteiger partial charge in [-0.3, -0.25) is 0 Å². The first-order chi connectivity index (χ1) is 9.69. The molecule has 2 rings (SSSR count). The van der Waals surface area contributed by atoms with Gasteiger partial charge in [-0.2, -0.15) is 0 Å². The highest BCUT2D eigenvalue weighted by atomic mass is 16.5. The van der Waals surface area contributed by atoms with Crippen molar-refractivity contribution in [2.24, 2.45) is 0 Å². The Bertz CT molecular complexity index is 575. The smallest absolute Gasteiger partial charge is 0.126 e. The average Bonchev–Trinajstić information content (AvgIpc) is 2.53. The first-order valence-electron chi connectivity index (χ1n) is 7.02. The Labute approximate surface area is 121 Å². The first-order valence-corrected chi connectivity index (χ1v) is 7.02. The van der Waals surface area contributed by atoms with E-state index in [1.807, 2.05) is 18.2 Å². The van der Waals surface area contributed by atoms with Crippen molar-refractivity contribution in [3.05, 3.63) is 48.0 Å². The van der Waals surface area contributed by atoms with Crippen molar-refractivity contribution in [2.75, 3.05) is 14.2 Å². The van der Waals surface area contributed by atoms with E-state index in [9.17, 15) is 0 Å². The van der Waals surface area contributed by atoms with Crippen molar-refractivity contribution in [1.82, 2.24) is 0 Å². The summed E-state index contributed by atoms with van der Waals surface area (Å²) in [6.07, 6.45) is 1.13. The quantitative estimate of drug-likeness (QED) is 0.770. The Morgan fingerprint density at radius 1 is 1.00 bits per heavy atom. The zero-order valence-electron chi connectivity index (χ0n) is 12.6. The van der Waals surface area contributed by atoms with E-state index in [4.69, 9.17) is 9.47 Å². The molecular weight excluding hydrogens is 248 g/mol. The van der Waals surface area contributed by atoms with Crippen LogP contribution in [0.1, 0.15) is 31.7 Å². The van der Waals surface area contributed by atoms with Crippen molar-refractivity contribution in [1.29, 1.82) is 0 Å². The number of rotatable bonds is 5. The molecule has 2 aromatic rings. The predicted octanol–water partition coefficient (Wildman–Crippen LogP) is 4.88. The Balaban J connectivity index is 2.51. The van der Waals surface area contributed by atoms with Crippen LogP contribution in [0.15, 0.2) is 42.5 Å². The van der Waals surface area contributed by atoms with Gasteiger partial charge in [0.25, 0.3) is 0 Å². The summed E-state index contributed by atoms with van der Waals surface area (Å²) < 4.78 is 10.8. The van der Waals surface area contributed by atoms with E-state index in [2.05, 4.69) is 38.1 Å². The normalized spacial score (nSPS) is 12.0. The van der Waals surface area contributed by atoms with E-state index in [1.54, 1.807) is 14.2 Å². The fourth-order valence-corrected chi connectivity index (χ4v) is 2.28. The van der Waals surface area contributed by atoms with Gasteiger partial charge in [0.05, 0.1) is 14.2 Å². The van der Waals surface area contributed by atoms with Gasteiger partial charge in [-0.15, -0.1) is 0 Å².